The molecule has 20 heavy (non-hydrogen) atoms. The third kappa shape index (κ3) is 3.08. The van der Waals surface area contributed by atoms with E-state index in [0.717, 1.165) is 11.4 Å². The van der Waals surface area contributed by atoms with Crippen LogP contribution in [0.25, 0.3) is 0 Å². The van der Waals surface area contributed by atoms with Crippen molar-refractivity contribution in [1.29, 1.82) is 0 Å². The Kier molecular flexibility index (Phi) is 4.57. The lowest BCUT2D eigenvalue weighted by molar-refractivity contribution is 0.0951. The standard InChI is InChI=1S/C14H17N3O2S/c1-3-9-7-16-12(20-9)8-17-14(18)10-5-4-6-11(19-2)13(10)15/h4-7H,3,8,15H2,1-2H3,(H,17,18). The van der Waals surface area contributed by atoms with Crippen LogP contribution in [0.15, 0.2) is 24.4 Å². The molecule has 1 aromatic heterocycles. The van der Waals surface area contributed by atoms with Crippen molar-refractivity contribution in [2.75, 3.05) is 12.8 Å². The van der Waals surface area contributed by atoms with Gasteiger partial charge >= 0.3 is 0 Å². The number of aryl methyl sites for hydroxylation is 1. The number of hydrogen-bond donors (Lipinski definition) is 2. The number of ether oxygens (including phenoxy) is 1. The van der Waals surface area contributed by atoms with E-state index in [1.165, 1.54) is 12.0 Å². The zero-order valence-electron chi connectivity index (χ0n) is 11.5. The number of nitrogens with two attached hydrogens (primary N) is 1. The van der Waals surface area contributed by atoms with Gasteiger partial charge in [0.2, 0.25) is 0 Å². The van der Waals surface area contributed by atoms with E-state index in [9.17, 15) is 4.79 Å². The van der Waals surface area contributed by atoms with Gasteiger partial charge < -0.3 is 15.8 Å². The van der Waals surface area contributed by atoms with Gasteiger partial charge in [-0.25, -0.2) is 4.98 Å². The van der Waals surface area contributed by atoms with Crippen molar-refractivity contribution in [3.8, 4) is 5.75 Å². The molecule has 5 nitrogen and oxygen atoms in total. The fraction of sp³-hybridized carbons (Fsp3) is 0.286. The van der Waals surface area contributed by atoms with Gasteiger partial charge in [-0.1, -0.05) is 13.0 Å². The third-order valence-corrected chi connectivity index (χ3v) is 4.02. The van der Waals surface area contributed by atoms with Gasteiger partial charge in [-0.15, -0.1) is 11.3 Å². The Morgan fingerprint density at radius 3 is 2.95 bits per heavy atom. The molecule has 2 aromatic rings. The average Bonchev–Trinajstić information content (AvgIpc) is 2.93. The lowest BCUT2D eigenvalue weighted by atomic mass is 10.1. The highest BCUT2D eigenvalue weighted by atomic mass is 32.1. The first-order valence-electron chi connectivity index (χ1n) is 6.30. The Balaban J connectivity index is 2.05. The number of nitrogens with zero attached hydrogens (tertiary/aromatic N) is 1. The number of anilines is 1. The van der Waals surface area contributed by atoms with Crippen LogP contribution in [0.2, 0.25) is 0 Å². The number of methoxy groups -OCH3 is 1. The van der Waals surface area contributed by atoms with Crippen LogP contribution >= 0.6 is 11.3 Å². The summed E-state index contributed by atoms with van der Waals surface area (Å²) in [6.45, 7) is 2.48. The summed E-state index contributed by atoms with van der Waals surface area (Å²) in [4.78, 5) is 17.6. The van der Waals surface area contributed by atoms with E-state index in [2.05, 4.69) is 17.2 Å². The summed E-state index contributed by atoms with van der Waals surface area (Å²) in [6, 6.07) is 5.13. The zero-order valence-corrected chi connectivity index (χ0v) is 12.3. The van der Waals surface area contributed by atoms with Gasteiger partial charge in [0.05, 0.1) is 24.9 Å². The van der Waals surface area contributed by atoms with Crippen LogP contribution in [-0.2, 0) is 13.0 Å². The molecule has 0 spiro atoms. The Labute approximate surface area is 121 Å². The first-order valence-corrected chi connectivity index (χ1v) is 7.11. The molecule has 106 valence electrons. The molecule has 3 N–H and O–H groups in total. The van der Waals surface area contributed by atoms with Crippen molar-refractivity contribution in [2.24, 2.45) is 0 Å². The second-order valence-corrected chi connectivity index (χ2v) is 5.38. The number of carbonyl (C=O) groups excluding carboxylic acids is 1. The van der Waals surface area contributed by atoms with Crippen molar-refractivity contribution in [3.05, 3.63) is 39.8 Å². The van der Waals surface area contributed by atoms with Crippen molar-refractivity contribution in [1.82, 2.24) is 10.3 Å². The second-order valence-electron chi connectivity index (χ2n) is 4.18. The number of aromatic nitrogens is 1. The molecule has 0 aliphatic carbocycles. The quantitative estimate of drug-likeness (QED) is 0.828. The van der Waals surface area contributed by atoms with Crippen LogP contribution < -0.4 is 15.8 Å². The van der Waals surface area contributed by atoms with Gasteiger partial charge in [-0.05, 0) is 18.6 Å². The minimum atomic E-state index is -0.227. The molecule has 0 radical (unpaired) electrons. The fourth-order valence-electron chi connectivity index (χ4n) is 1.76. The maximum Gasteiger partial charge on any atom is 0.253 e. The summed E-state index contributed by atoms with van der Waals surface area (Å²) < 4.78 is 5.10. The summed E-state index contributed by atoms with van der Waals surface area (Å²) in [6.07, 6.45) is 2.79. The highest BCUT2D eigenvalue weighted by Gasteiger charge is 2.13. The van der Waals surface area contributed by atoms with E-state index in [1.807, 2.05) is 6.20 Å². The largest absolute Gasteiger partial charge is 0.495 e. The molecule has 0 aliphatic heterocycles. The predicted octanol–water partition coefficient (Wildman–Crippen LogP) is 2.23. The second kappa shape index (κ2) is 6.38. The van der Waals surface area contributed by atoms with Gasteiger partial charge in [-0.3, -0.25) is 4.79 Å². The molecule has 1 amide bonds. The number of rotatable bonds is 5. The van der Waals surface area contributed by atoms with Crippen LogP contribution in [-0.4, -0.2) is 18.0 Å². The maximum atomic E-state index is 12.1. The van der Waals surface area contributed by atoms with Crippen molar-refractivity contribution in [2.45, 2.75) is 19.9 Å². The minimum absolute atomic E-state index is 0.227. The Bertz CT molecular complexity index is 610. The minimum Gasteiger partial charge on any atom is -0.495 e. The average molecular weight is 291 g/mol. The van der Waals surface area contributed by atoms with Gasteiger partial charge in [0, 0.05) is 11.1 Å². The van der Waals surface area contributed by atoms with Crippen LogP contribution in [0, 0.1) is 0 Å². The molecule has 1 heterocycles. The molecule has 0 saturated carbocycles. The number of para-hydroxylation sites is 1. The molecule has 1 aromatic carbocycles. The Morgan fingerprint density at radius 1 is 1.50 bits per heavy atom. The molecule has 2 rings (SSSR count). The number of carbonyl (C=O) groups is 1. The molecule has 0 bridgehead atoms. The topological polar surface area (TPSA) is 77.2 Å². The first kappa shape index (κ1) is 14.3. The number of amides is 1. The number of hydrogen-bond acceptors (Lipinski definition) is 5. The molecule has 0 saturated heterocycles. The van der Waals surface area contributed by atoms with Crippen molar-refractivity contribution >= 4 is 22.9 Å². The number of nitrogen functional groups attached to an aromatic ring is 1. The number of benzene rings is 1. The van der Waals surface area contributed by atoms with Crippen LogP contribution in [0.4, 0.5) is 5.69 Å². The maximum absolute atomic E-state index is 12.1. The van der Waals surface area contributed by atoms with Crippen molar-refractivity contribution in [3.63, 3.8) is 0 Å². The van der Waals surface area contributed by atoms with Gasteiger partial charge in [0.15, 0.2) is 0 Å². The fourth-order valence-corrected chi connectivity index (χ4v) is 2.57. The first-order chi connectivity index (χ1) is 9.65. The summed E-state index contributed by atoms with van der Waals surface area (Å²) in [5, 5.41) is 3.70. The monoisotopic (exact) mass is 291 g/mol. The van der Waals surface area contributed by atoms with Crippen LogP contribution in [0.1, 0.15) is 27.2 Å². The van der Waals surface area contributed by atoms with Crippen LogP contribution in [0.3, 0.4) is 0 Å². The normalized spacial score (nSPS) is 10.3. The van der Waals surface area contributed by atoms with Crippen molar-refractivity contribution < 1.29 is 9.53 Å². The summed E-state index contributed by atoms with van der Waals surface area (Å²) in [5.74, 6) is 0.273. The number of thiazole rings is 1. The molecule has 0 atom stereocenters. The Morgan fingerprint density at radius 2 is 2.30 bits per heavy atom. The van der Waals surface area contributed by atoms with E-state index >= 15 is 0 Å². The molecule has 6 heteroatoms. The zero-order chi connectivity index (χ0) is 14.5. The van der Waals surface area contributed by atoms with E-state index in [4.69, 9.17) is 10.5 Å². The van der Waals surface area contributed by atoms with Gasteiger partial charge in [-0.2, -0.15) is 0 Å². The van der Waals surface area contributed by atoms with E-state index in [-0.39, 0.29) is 5.91 Å². The lowest BCUT2D eigenvalue weighted by Crippen LogP contribution is -2.23. The summed E-state index contributed by atoms with van der Waals surface area (Å²) >= 11 is 1.60. The highest BCUT2D eigenvalue weighted by molar-refractivity contribution is 7.11. The molecular weight excluding hydrogens is 274 g/mol. The predicted molar refractivity (Wildman–Crippen MR) is 80.1 cm³/mol. The van der Waals surface area contributed by atoms with Crippen LogP contribution in [0.5, 0.6) is 5.75 Å². The number of nitrogens with one attached hydrogen (secondary N) is 1. The van der Waals surface area contributed by atoms with E-state index in [0.29, 0.717) is 23.5 Å². The Hall–Kier alpha value is -2.08. The molecule has 0 aliphatic rings. The van der Waals surface area contributed by atoms with Gasteiger partial charge in [0.25, 0.3) is 5.91 Å². The molecular formula is C14H17N3O2S. The SMILES string of the molecule is CCc1cnc(CNC(=O)c2cccc(OC)c2N)s1. The lowest BCUT2D eigenvalue weighted by Gasteiger charge is -2.09. The summed E-state index contributed by atoms with van der Waals surface area (Å²) in [7, 11) is 1.52. The molecule has 0 fully saturated rings. The van der Waals surface area contributed by atoms with E-state index < -0.39 is 0 Å². The third-order valence-electron chi connectivity index (χ3n) is 2.88. The summed E-state index contributed by atoms with van der Waals surface area (Å²) in [5.41, 5.74) is 6.65. The van der Waals surface area contributed by atoms with Gasteiger partial charge in [0.1, 0.15) is 10.8 Å². The van der Waals surface area contributed by atoms with E-state index in [1.54, 1.807) is 29.5 Å². The highest BCUT2D eigenvalue weighted by Crippen LogP contribution is 2.24. The molecule has 0 unspecified atom stereocenters. The smallest absolute Gasteiger partial charge is 0.253 e.